The van der Waals surface area contributed by atoms with Crippen molar-refractivity contribution in [3.05, 3.63) is 0 Å². The molecule has 1 heterocycles. The van der Waals surface area contributed by atoms with Crippen LogP contribution in [0.5, 0.6) is 0 Å². The third-order valence-electron chi connectivity index (χ3n) is 3.12. The fraction of sp³-hybridized carbons (Fsp3) is 0.818. The molecule has 5 nitrogen and oxygen atoms in total. The van der Waals surface area contributed by atoms with Crippen LogP contribution in [0.4, 0.5) is 0 Å². The van der Waals surface area contributed by atoms with Gasteiger partial charge in [0, 0.05) is 19.6 Å². The van der Waals surface area contributed by atoms with Crippen molar-refractivity contribution in [2.75, 3.05) is 19.6 Å². The first-order valence-corrected chi connectivity index (χ1v) is 5.81. The topological polar surface area (TPSA) is 83.6 Å². The van der Waals surface area contributed by atoms with Gasteiger partial charge in [0.05, 0.1) is 11.8 Å². The molecule has 5 heteroatoms. The summed E-state index contributed by atoms with van der Waals surface area (Å²) in [6, 6.07) is 0. The van der Waals surface area contributed by atoms with Gasteiger partial charge in [0.1, 0.15) is 0 Å². The van der Waals surface area contributed by atoms with Gasteiger partial charge in [-0.25, -0.2) is 0 Å². The molecule has 0 bridgehead atoms. The van der Waals surface area contributed by atoms with Crippen molar-refractivity contribution in [3.8, 4) is 0 Å². The summed E-state index contributed by atoms with van der Waals surface area (Å²) in [5.41, 5.74) is 5.56. The number of nitrogens with zero attached hydrogens (tertiary/aromatic N) is 1. The second kappa shape index (κ2) is 5.84. The number of amides is 1. The van der Waals surface area contributed by atoms with Gasteiger partial charge in [0.15, 0.2) is 0 Å². The molecule has 16 heavy (non-hydrogen) atoms. The predicted molar refractivity (Wildman–Crippen MR) is 59.8 cm³/mol. The van der Waals surface area contributed by atoms with Crippen LogP contribution in [-0.2, 0) is 9.59 Å². The van der Waals surface area contributed by atoms with E-state index in [4.69, 9.17) is 10.8 Å². The highest BCUT2D eigenvalue weighted by Crippen LogP contribution is 2.19. The van der Waals surface area contributed by atoms with E-state index in [-0.39, 0.29) is 11.8 Å². The van der Waals surface area contributed by atoms with E-state index in [0.717, 1.165) is 12.8 Å². The molecule has 0 aromatic heterocycles. The summed E-state index contributed by atoms with van der Waals surface area (Å²) in [7, 11) is 0. The largest absolute Gasteiger partial charge is 0.481 e. The van der Waals surface area contributed by atoms with E-state index >= 15 is 0 Å². The van der Waals surface area contributed by atoms with Crippen LogP contribution >= 0.6 is 0 Å². The van der Waals surface area contributed by atoms with Gasteiger partial charge < -0.3 is 15.7 Å². The Bertz CT molecular complexity index is 268. The Morgan fingerprint density at radius 3 is 2.69 bits per heavy atom. The molecular weight excluding hydrogens is 208 g/mol. The van der Waals surface area contributed by atoms with E-state index in [1.807, 2.05) is 6.92 Å². The quantitative estimate of drug-likeness (QED) is 0.708. The number of carboxylic acid groups (broad SMARTS) is 1. The van der Waals surface area contributed by atoms with Crippen LogP contribution in [0.25, 0.3) is 0 Å². The third kappa shape index (κ3) is 2.95. The van der Waals surface area contributed by atoms with Crippen molar-refractivity contribution in [3.63, 3.8) is 0 Å². The van der Waals surface area contributed by atoms with Crippen molar-refractivity contribution >= 4 is 11.9 Å². The molecule has 1 amide bonds. The van der Waals surface area contributed by atoms with E-state index in [9.17, 15) is 9.59 Å². The van der Waals surface area contributed by atoms with Crippen molar-refractivity contribution in [2.24, 2.45) is 17.6 Å². The lowest BCUT2D eigenvalue weighted by Gasteiger charge is -2.21. The summed E-state index contributed by atoms with van der Waals surface area (Å²) in [6.07, 6.45) is 2.26. The fourth-order valence-electron chi connectivity index (χ4n) is 2.11. The van der Waals surface area contributed by atoms with Crippen LogP contribution in [0.2, 0.25) is 0 Å². The summed E-state index contributed by atoms with van der Waals surface area (Å²) in [5.74, 6) is -1.33. The number of carbonyl (C=O) groups is 2. The summed E-state index contributed by atoms with van der Waals surface area (Å²) in [4.78, 5) is 24.4. The van der Waals surface area contributed by atoms with E-state index in [2.05, 4.69) is 0 Å². The Labute approximate surface area is 95.6 Å². The van der Waals surface area contributed by atoms with Gasteiger partial charge in [-0.3, -0.25) is 9.59 Å². The van der Waals surface area contributed by atoms with E-state index in [1.54, 1.807) is 4.90 Å². The van der Waals surface area contributed by atoms with Crippen molar-refractivity contribution < 1.29 is 14.7 Å². The molecule has 0 spiro atoms. The number of nitrogens with two attached hydrogens (primary N) is 1. The Balaban J connectivity index is 2.52. The highest BCUT2D eigenvalue weighted by Gasteiger charge is 2.33. The minimum atomic E-state index is -0.810. The molecule has 1 saturated heterocycles. The highest BCUT2D eigenvalue weighted by atomic mass is 16.4. The molecule has 1 aliphatic heterocycles. The molecular formula is C11H20N2O3. The number of carbonyl (C=O) groups excluding carboxylic acids is 1. The minimum absolute atomic E-state index is 0.0214. The van der Waals surface area contributed by atoms with E-state index in [0.29, 0.717) is 26.1 Å². The molecule has 2 unspecified atom stereocenters. The minimum Gasteiger partial charge on any atom is -0.481 e. The first-order valence-electron chi connectivity index (χ1n) is 5.81. The summed E-state index contributed by atoms with van der Waals surface area (Å²) in [5, 5.41) is 8.85. The summed E-state index contributed by atoms with van der Waals surface area (Å²) in [6.45, 7) is 3.26. The lowest BCUT2D eigenvalue weighted by molar-refractivity contribution is -0.141. The van der Waals surface area contributed by atoms with Crippen molar-refractivity contribution in [2.45, 2.75) is 26.2 Å². The van der Waals surface area contributed by atoms with Gasteiger partial charge in [-0.05, 0) is 12.8 Å². The molecule has 92 valence electrons. The normalized spacial score (nSPS) is 22.1. The average molecular weight is 228 g/mol. The maximum atomic E-state index is 12.0. The zero-order chi connectivity index (χ0) is 12.1. The van der Waals surface area contributed by atoms with Gasteiger partial charge >= 0.3 is 5.97 Å². The van der Waals surface area contributed by atoms with Crippen molar-refractivity contribution in [1.82, 2.24) is 4.90 Å². The SMILES string of the molecule is CCCC(CN)C(=O)N1CCC(C(=O)O)C1. The van der Waals surface area contributed by atoms with Gasteiger partial charge in [-0.15, -0.1) is 0 Å². The number of aliphatic carboxylic acids is 1. The molecule has 0 radical (unpaired) electrons. The zero-order valence-electron chi connectivity index (χ0n) is 9.69. The van der Waals surface area contributed by atoms with Gasteiger partial charge in [-0.1, -0.05) is 13.3 Å². The van der Waals surface area contributed by atoms with Gasteiger partial charge in [-0.2, -0.15) is 0 Å². The number of hydrogen-bond donors (Lipinski definition) is 2. The lowest BCUT2D eigenvalue weighted by Crippen LogP contribution is -2.38. The monoisotopic (exact) mass is 228 g/mol. The molecule has 0 aromatic carbocycles. The first-order chi connectivity index (χ1) is 7.60. The van der Waals surface area contributed by atoms with Gasteiger partial charge in [0.25, 0.3) is 0 Å². The van der Waals surface area contributed by atoms with Crippen molar-refractivity contribution in [1.29, 1.82) is 0 Å². The molecule has 0 saturated carbocycles. The Morgan fingerprint density at radius 2 is 2.25 bits per heavy atom. The second-order valence-corrected chi connectivity index (χ2v) is 4.33. The lowest BCUT2D eigenvalue weighted by atomic mass is 10.0. The fourth-order valence-corrected chi connectivity index (χ4v) is 2.11. The predicted octanol–water partition coefficient (Wildman–Crippen LogP) is 0.295. The van der Waals surface area contributed by atoms with Crippen LogP contribution in [0.3, 0.4) is 0 Å². The molecule has 2 atom stereocenters. The Hall–Kier alpha value is -1.10. The zero-order valence-corrected chi connectivity index (χ0v) is 9.69. The summed E-state index contributed by atoms with van der Waals surface area (Å²) < 4.78 is 0. The molecule has 1 aliphatic rings. The Kier molecular flexibility index (Phi) is 4.73. The van der Waals surface area contributed by atoms with Crippen LogP contribution in [0, 0.1) is 11.8 Å². The second-order valence-electron chi connectivity index (χ2n) is 4.33. The number of carboxylic acids is 1. The van der Waals surface area contributed by atoms with Crippen LogP contribution in [-0.4, -0.2) is 41.5 Å². The van der Waals surface area contributed by atoms with E-state index < -0.39 is 11.9 Å². The molecule has 3 N–H and O–H groups in total. The van der Waals surface area contributed by atoms with E-state index in [1.165, 1.54) is 0 Å². The van der Waals surface area contributed by atoms with Gasteiger partial charge in [0.2, 0.25) is 5.91 Å². The standard InChI is InChI=1S/C11H20N2O3/c1-2-3-8(6-12)10(14)13-5-4-9(7-13)11(15)16/h8-9H,2-7,12H2,1H3,(H,15,16). The first kappa shape index (κ1) is 13.0. The maximum absolute atomic E-state index is 12.0. The molecule has 0 aliphatic carbocycles. The number of likely N-dealkylation sites (tertiary alicyclic amines) is 1. The molecule has 0 aromatic rings. The highest BCUT2D eigenvalue weighted by molar-refractivity contribution is 5.81. The third-order valence-corrected chi connectivity index (χ3v) is 3.12. The number of hydrogen-bond acceptors (Lipinski definition) is 3. The Morgan fingerprint density at radius 1 is 1.56 bits per heavy atom. The maximum Gasteiger partial charge on any atom is 0.308 e. The average Bonchev–Trinajstić information content (AvgIpc) is 2.74. The number of rotatable bonds is 5. The molecule has 1 fully saturated rings. The van der Waals surface area contributed by atoms with Crippen LogP contribution in [0.15, 0.2) is 0 Å². The van der Waals surface area contributed by atoms with Crippen LogP contribution in [0.1, 0.15) is 26.2 Å². The van der Waals surface area contributed by atoms with Crippen LogP contribution < -0.4 is 5.73 Å². The summed E-state index contributed by atoms with van der Waals surface area (Å²) >= 11 is 0. The molecule has 1 rings (SSSR count). The smallest absolute Gasteiger partial charge is 0.308 e.